The van der Waals surface area contributed by atoms with Gasteiger partial charge in [0.2, 0.25) is 12.0 Å². The number of carboxylic acids is 1. The number of thiophene rings is 1. The van der Waals surface area contributed by atoms with Crippen LogP contribution in [0.15, 0.2) is 61.1 Å². The van der Waals surface area contributed by atoms with Crippen molar-refractivity contribution >= 4 is 50.7 Å². The molecule has 15 nitrogen and oxygen atoms in total. The summed E-state index contributed by atoms with van der Waals surface area (Å²) in [6, 6.07) is 13.3. The van der Waals surface area contributed by atoms with Crippen LogP contribution < -0.4 is 18.9 Å². The molecule has 11 rings (SSSR count). The van der Waals surface area contributed by atoms with Gasteiger partial charge in [0, 0.05) is 67.3 Å². The van der Waals surface area contributed by atoms with Gasteiger partial charge in [0.25, 0.3) is 0 Å². The van der Waals surface area contributed by atoms with Gasteiger partial charge in [0.05, 0.1) is 40.4 Å². The van der Waals surface area contributed by atoms with Gasteiger partial charge in [-0.15, -0.1) is 11.3 Å². The third-order valence-corrected chi connectivity index (χ3v) is 15.8. The number of nitrogens with zero attached hydrogens (tertiary/aromatic N) is 6. The van der Waals surface area contributed by atoms with E-state index in [1.807, 2.05) is 19.9 Å². The van der Waals surface area contributed by atoms with Crippen molar-refractivity contribution in [3.8, 4) is 44.7 Å². The van der Waals surface area contributed by atoms with Crippen molar-refractivity contribution in [2.75, 3.05) is 66.4 Å². The molecular weight excluding hydrogens is 975 g/mol. The largest absolute Gasteiger partial charge is 0.490 e. The number of benzene rings is 3. The highest BCUT2D eigenvalue weighted by Crippen LogP contribution is 2.53. The summed E-state index contributed by atoms with van der Waals surface area (Å²) >= 11 is 16.0. The van der Waals surface area contributed by atoms with Gasteiger partial charge in [-0.05, 0) is 105 Å². The van der Waals surface area contributed by atoms with Crippen LogP contribution >= 0.6 is 34.5 Å². The van der Waals surface area contributed by atoms with Crippen LogP contribution in [0.1, 0.15) is 59.8 Å². The molecule has 3 aromatic carbocycles. The van der Waals surface area contributed by atoms with Crippen LogP contribution in [-0.4, -0.2) is 132 Å². The Morgan fingerprint density at radius 3 is 2.42 bits per heavy atom. The van der Waals surface area contributed by atoms with Crippen LogP contribution in [0.25, 0.3) is 31.8 Å². The van der Waals surface area contributed by atoms with Crippen molar-refractivity contribution in [3.05, 3.63) is 105 Å². The predicted octanol–water partition coefficient (Wildman–Crippen LogP) is 9.33. The molecule has 3 fully saturated rings. The number of aliphatic carboxylic acids is 1. The van der Waals surface area contributed by atoms with Crippen molar-refractivity contribution in [1.82, 2.24) is 29.7 Å². The van der Waals surface area contributed by atoms with E-state index in [9.17, 15) is 14.3 Å². The van der Waals surface area contributed by atoms with Crippen LogP contribution in [0.3, 0.4) is 0 Å². The SMILES string of the molecule is Cc1c(Cl)c2c(Cl)c(C)c1-c1c(-c3ccc(F)cc3)sc3ncnc(c13)O[C@@H](C(=O)O)Cc1cc(ccc1OCc1ccnc(C3CCC(OCC4COCO4)CC3)n1)OC[C@@H](CN1CCN(C)CC1)O2. The van der Waals surface area contributed by atoms with Gasteiger partial charge in [-0.25, -0.2) is 29.1 Å². The van der Waals surface area contributed by atoms with Gasteiger partial charge in [-0.1, -0.05) is 35.3 Å². The fourth-order valence-corrected chi connectivity index (χ4v) is 11.4. The first kappa shape index (κ1) is 49.3. The Kier molecular flexibility index (Phi) is 15.2. The monoisotopic (exact) mass is 1030 g/mol. The second-order valence-electron chi connectivity index (χ2n) is 18.6. The number of ether oxygens (including phenoxy) is 7. The van der Waals surface area contributed by atoms with Gasteiger partial charge in [0.1, 0.15) is 66.5 Å². The highest BCUT2D eigenvalue weighted by Gasteiger charge is 2.33. The maximum absolute atomic E-state index is 14.4. The summed E-state index contributed by atoms with van der Waals surface area (Å²) in [5, 5.41) is 12.0. The first-order chi connectivity index (χ1) is 34.4. The third-order valence-electron chi connectivity index (χ3n) is 13.7. The normalized spacial score (nSPS) is 22.1. The number of halogens is 3. The summed E-state index contributed by atoms with van der Waals surface area (Å²) in [5.41, 5.74) is 4.48. The number of carbonyl (C=O) groups is 1. The van der Waals surface area contributed by atoms with E-state index in [-0.39, 0.29) is 43.6 Å². The molecule has 2 saturated heterocycles. The number of likely N-dealkylation sites (N-methyl/N-ethyl adjacent to an activating group) is 1. The van der Waals surface area contributed by atoms with Crippen LogP contribution in [-0.2, 0) is 32.0 Å². The molecule has 4 bridgehead atoms. The van der Waals surface area contributed by atoms with Crippen molar-refractivity contribution in [2.24, 2.45) is 0 Å². The van der Waals surface area contributed by atoms with Gasteiger partial charge < -0.3 is 43.2 Å². The van der Waals surface area contributed by atoms with Gasteiger partial charge in [0.15, 0.2) is 5.75 Å². The lowest BCUT2D eigenvalue weighted by molar-refractivity contribution is -0.145. The minimum Gasteiger partial charge on any atom is -0.490 e. The number of fused-ring (bicyclic) bond motifs is 7. The van der Waals surface area contributed by atoms with E-state index in [0.717, 1.165) is 57.7 Å². The van der Waals surface area contributed by atoms with E-state index in [4.69, 9.17) is 61.3 Å². The molecule has 1 aliphatic carbocycles. The number of hydrogen-bond donors (Lipinski definition) is 1. The molecule has 1 N–H and O–H groups in total. The van der Waals surface area contributed by atoms with Crippen molar-refractivity contribution in [3.63, 3.8) is 0 Å². The Morgan fingerprint density at radius 1 is 0.915 bits per heavy atom. The van der Waals surface area contributed by atoms with E-state index < -0.39 is 24.0 Å². The molecule has 5 aliphatic rings. The zero-order valence-electron chi connectivity index (χ0n) is 39.7. The van der Waals surface area contributed by atoms with Gasteiger partial charge in [-0.3, -0.25) is 4.90 Å². The number of aromatic nitrogens is 4. The lowest BCUT2D eigenvalue weighted by Gasteiger charge is -2.35. The number of hydrogen-bond acceptors (Lipinski definition) is 15. The molecular formula is C52H55Cl2FN6O9S. The molecule has 0 spiro atoms. The maximum atomic E-state index is 14.4. The highest BCUT2D eigenvalue weighted by molar-refractivity contribution is 7.22. The molecule has 0 radical (unpaired) electrons. The first-order valence-electron chi connectivity index (χ1n) is 24.0. The average Bonchev–Trinajstić information content (AvgIpc) is 4.05. The molecule has 3 atom stereocenters. The number of rotatable bonds is 11. The third kappa shape index (κ3) is 11.1. The molecule has 4 aliphatic heterocycles. The second kappa shape index (κ2) is 21.9. The van der Waals surface area contributed by atoms with Crippen molar-refractivity contribution in [1.29, 1.82) is 0 Å². The Balaban J connectivity index is 0.996. The summed E-state index contributed by atoms with van der Waals surface area (Å²) < 4.78 is 57.8. The second-order valence-corrected chi connectivity index (χ2v) is 20.4. The van der Waals surface area contributed by atoms with E-state index in [1.54, 1.807) is 36.5 Å². The van der Waals surface area contributed by atoms with E-state index in [2.05, 4.69) is 31.8 Å². The van der Waals surface area contributed by atoms with Crippen LogP contribution in [0, 0.1) is 19.7 Å². The number of carboxylic acid groups (broad SMARTS) is 1. The van der Waals surface area contributed by atoms with Crippen LogP contribution in [0.4, 0.5) is 4.39 Å². The fraction of sp³-hybridized carbons (Fsp3) is 0.442. The molecule has 374 valence electrons. The lowest BCUT2D eigenvalue weighted by Crippen LogP contribution is -2.49. The summed E-state index contributed by atoms with van der Waals surface area (Å²) in [6.45, 7) is 9.37. The average molecular weight is 1030 g/mol. The summed E-state index contributed by atoms with van der Waals surface area (Å²) in [7, 11) is 2.11. The lowest BCUT2D eigenvalue weighted by atomic mass is 9.86. The van der Waals surface area contributed by atoms with E-state index in [1.165, 1.54) is 29.8 Å². The summed E-state index contributed by atoms with van der Waals surface area (Å²) in [5.74, 6) is 0.556. The summed E-state index contributed by atoms with van der Waals surface area (Å²) in [4.78, 5) is 38.0. The smallest absolute Gasteiger partial charge is 0.345 e. The van der Waals surface area contributed by atoms with Crippen LogP contribution in [0.2, 0.25) is 10.0 Å². The van der Waals surface area contributed by atoms with Gasteiger partial charge in [-0.2, -0.15) is 0 Å². The Bertz CT molecular complexity index is 2840. The summed E-state index contributed by atoms with van der Waals surface area (Å²) in [6.07, 6.45) is 4.68. The molecule has 7 heterocycles. The van der Waals surface area contributed by atoms with E-state index in [0.29, 0.717) is 108 Å². The molecule has 3 aromatic heterocycles. The predicted molar refractivity (Wildman–Crippen MR) is 267 cm³/mol. The standard InChI is InChI=1S/C52H55Cl2FN6O9S/c1-29-42-30(2)46(54)47(45(29)53)69-38(22-61-18-16-60(3)17-19-61)25-66-37-12-13-40(67-23-35-14-15-56-49(59-35)32-6-10-36(11-7-32)65-26-39-24-64-28-68-39)33(20-37)21-41(52(62)63)70-50-44-43(42)48(71-51(44)58-27-57-50)31-4-8-34(55)9-5-31/h4-5,8-9,12-15,20,27,32,36,38-39,41H,6-7,10-11,16-19,21-26,28H2,1-3H3,(H,62,63)/t32?,36?,38-,39?,41-/m1/s1. The minimum absolute atomic E-state index is 0.0158. The molecule has 6 aromatic rings. The molecule has 1 unspecified atom stereocenters. The van der Waals surface area contributed by atoms with E-state index >= 15 is 0 Å². The molecule has 1 saturated carbocycles. The maximum Gasteiger partial charge on any atom is 0.345 e. The first-order valence-corrected chi connectivity index (χ1v) is 25.5. The Morgan fingerprint density at radius 2 is 1.69 bits per heavy atom. The molecule has 0 amide bonds. The topological polar surface area (TPSA) is 160 Å². The highest BCUT2D eigenvalue weighted by atomic mass is 35.5. The zero-order chi connectivity index (χ0) is 49.2. The van der Waals surface area contributed by atoms with Crippen molar-refractivity contribution in [2.45, 2.75) is 82.9 Å². The Labute approximate surface area is 425 Å². The Hall–Kier alpha value is -5.24. The van der Waals surface area contributed by atoms with Gasteiger partial charge >= 0.3 is 5.97 Å². The van der Waals surface area contributed by atoms with Crippen molar-refractivity contribution < 1.29 is 47.4 Å². The zero-order valence-corrected chi connectivity index (χ0v) is 42.0. The quantitative estimate of drug-likeness (QED) is 0.131. The molecule has 71 heavy (non-hydrogen) atoms. The minimum atomic E-state index is -1.46. The van der Waals surface area contributed by atoms with Crippen LogP contribution in [0.5, 0.6) is 23.1 Å². The fourth-order valence-electron chi connectivity index (χ4n) is 9.75. The molecule has 19 heteroatoms. The number of piperazine rings is 1.